The molecule has 5 nitrogen and oxygen atoms in total. The van der Waals surface area contributed by atoms with Crippen molar-refractivity contribution >= 4 is 15.7 Å². The number of furan rings is 1. The molecule has 0 aliphatic carbocycles. The Kier molecular flexibility index (Phi) is 3.35. The highest BCUT2D eigenvalue weighted by Gasteiger charge is 2.15. The minimum atomic E-state index is -3.79. The van der Waals surface area contributed by atoms with E-state index in [9.17, 15) is 12.8 Å². The molecule has 1 aromatic carbocycles. The zero-order valence-electron chi connectivity index (χ0n) is 9.26. The molecule has 2 rings (SSSR count). The fraction of sp³-hybridized carbons (Fsp3) is 0.0909. The second-order valence-corrected chi connectivity index (χ2v) is 5.44. The van der Waals surface area contributed by atoms with Gasteiger partial charge in [-0.05, 0) is 24.3 Å². The van der Waals surface area contributed by atoms with Crippen LogP contribution in [0.2, 0.25) is 0 Å². The molecule has 0 aliphatic heterocycles. The van der Waals surface area contributed by atoms with Crippen LogP contribution in [-0.4, -0.2) is 8.42 Å². The molecule has 96 valence electrons. The number of hydrogen-bond acceptors (Lipinski definition) is 4. The fourth-order valence-electron chi connectivity index (χ4n) is 1.39. The maximum atomic E-state index is 13.1. The van der Waals surface area contributed by atoms with E-state index in [4.69, 9.17) is 10.2 Å². The first kappa shape index (κ1) is 12.6. The van der Waals surface area contributed by atoms with E-state index < -0.39 is 15.8 Å². The third-order valence-electron chi connectivity index (χ3n) is 2.25. The lowest BCUT2D eigenvalue weighted by Gasteiger charge is -2.06. The minimum Gasteiger partial charge on any atom is -0.472 e. The second kappa shape index (κ2) is 4.79. The summed E-state index contributed by atoms with van der Waals surface area (Å²) < 4.78 is 44.0. The number of anilines is 1. The van der Waals surface area contributed by atoms with E-state index in [1.807, 2.05) is 0 Å². The lowest BCUT2D eigenvalue weighted by Crippen LogP contribution is -2.23. The normalized spacial score (nSPS) is 11.6. The summed E-state index contributed by atoms with van der Waals surface area (Å²) in [6.45, 7) is 0.0647. The van der Waals surface area contributed by atoms with Crippen molar-refractivity contribution in [3.05, 3.63) is 48.2 Å². The predicted octanol–water partition coefficient (Wildman–Crippen LogP) is 1.48. The minimum absolute atomic E-state index is 0.0543. The van der Waals surface area contributed by atoms with Crippen LogP contribution in [-0.2, 0) is 16.6 Å². The molecule has 0 fully saturated rings. The number of nitrogens with one attached hydrogen (secondary N) is 1. The molecule has 0 aliphatic rings. The zero-order valence-corrected chi connectivity index (χ0v) is 10.1. The van der Waals surface area contributed by atoms with Crippen LogP contribution in [0.1, 0.15) is 5.56 Å². The van der Waals surface area contributed by atoms with Gasteiger partial charge in [0, 0.05) is 17.8 Å². The molecule has 1 heterocycles. The largest absolute Gasteiger partial charge is 0.472 e. The molecule has 0 atom stereocenters. The summed E-state index contributed by atoms with van der Waals surface area (Å²) in [4.78, 5) is -0.205. The summed E-state index contributed by atoms with van der Waals surface area (Å²) in [5.74, 6) is -0.696. The van der Waals surface area contributed by atoms with Crippen LogP contribution in [0.5, 0.6) is 0 Å². The average molecular weight is 270 g/mol. The van der Waals surface area contributed by atoms with Gasteiger partial charge in [0.15, 0.2) is 0 Å². The standard InChI is InChI=1S/C11H11FN2O3S/c12-9-3-10(13)5-11(4-9)18(15,16)14-6-8-1-2-17-7-8/h1-5,7,14H,6,13H2. The lowest BCUT2D eigenvalue weighted by atomic mass is 10.3. The Morgan fingerprint density at radius 1 is 1.33 bits per heavy atom. The van der Waals surface area contributed by atoms with Crippen molar-refractivity contribution < 1.29 is 17.2 Å². The number of nitrogen functional groups attached to an aromatic ring is 1. The summed E-state index contributed by atoms with van der Waals surface area (Å²) in [7, 11) is -3.79. The third kappa shape index (κ3) is 2.88. The van der Waals surface area contributed by atoms with Crippen molar-refractivity contribution in [2.75, 3.05) is 5.73 Å². The molecule has 0 amide bonds. The van der Waals surface area contributed by atoms with E-state index >= 15 is 0 Å². The van der Waals surface area contributed by atoms with Gasteiger partial charge in [-0.2, -0.15) is 0 Å². The van der Waals surface area contributed by atoms with Crippen molar-refractivity contribution in [3.8, 4) is 0 Å². The molecule has 7 heteroatoms. The molecule has 18 heavy (non-hydrogen) atoms. The summed E-state index contributed by atoms with van der Waals surface area (Å²) in [5.41, 5.74) is 6.12. The molecule has 0 bridgehead atoms. The van der Waals surface area contributed by atoms with E-state index in [0.717, 1.165) is 12.1 Å². The first-order valence-corrected chi connectivity index (χ1v) is 6.52. The molecular weight excluding hydrogens is 259 g/mol. The van der Waals surface area contributed by atoms with E-state index in [1.165, 1.54) is 18.6 Å². The van der Waals surface area contributed by atoms with Gasteiger partial charge >= 0.3 is 0 Å². The topological polar surface area (TPSA) is 85.3 Å². The number of benzene rings is 1. The SMILES string of the molecule is Nc1cc(F)cc(S(=O)(=O)NCc2ccoc2)c1. The quantitative estimate of drug-likeness (QED) is 0.824. The van der Waals surface area contributed by atoms with Gasteiger partial charge in [-0.1, -0.05) is 0 Å². The molecular formula is C11H11FN2O3S. The van der Waals surface area contributed by atoms with Gasteiger partial charge in [0.05, 0.1) is 17.4 Å². The molecule has 3 N–H and O–H groups in total. The highest BCUT2D eigenvalue weighted by atomic mass is 32.2. The molecule has 0 spiro atoms. The van der Waals surface area contributed by atoms with Gasteiger partial charge in [-0.3, -0.25) is 0 Å². The number of nitrogens with two attached hydrogens (primary N) is 1. The monoisotopic (exact) mass is 270 g/mol. The zero-order chi connectivity index (χ0) is 13.2. The number of sulfonamides is 1. The van der Waals surface area contributed by atoms with E-state index in [1.54, 1.807) is 6.07 Å². The molecule has 2 aromatic rings. The van der Waals surface area contributed by atoms with Crippen LogP contribution in [0, 0.1) is 5.82 Å². The summed E-state index contributed by atoms with van der Waals surface area (Å²) in [5, 5.41) is 0. The van der Waals surface area contributed by atoms with Crippen molar-refractivity contribution in [2.24, 2.45) is 0 Å². The van der Waals surface area contributed by atoms with E-state index in [2.05, 4.69) is 4.72 Å². The van der Waals surface area contributed by atoms with Crippen LogP contribution in [0.4, 0.5) is 10.1 Å². The Labute approximate surface area is 103 Å². The van der Waals surface area contributed by atoms with Gasteiger partial charge in [0.1, 0.15) is 5.82 Å². The summed E-state index contributed by atoms with van der Waals surface area (Å²) >= 11 is 0. The first-order chi connectivity index (χ1) is 8.47. The van der Waals surface area contributed by atoms with Crippen molar-refractivity contribution in [1.82, 2.24) is 4.72 Å². The average Bonchev–Trinajstić information content (AvgIpc) is 2.78. The molecule has 0 saturated heterocycles. The number of rotatable bonds is 4. The van der Waals surface area contributed by atoms with E-state index in [-0.39, 0.29) is 17.1 Å². The Morgan fingerprint density at radius 3 is 2.72 bits per heavy atom. The molecule has 0 radical (unpaired) electrons. The second-order valence-electron chi connectivity index (χ2n) is 3.68. The molecule has 0 unspecified atom stereocenters. The molecule has 1 aromatic heterocycles. The van der Waals surface area contributed by atoms with Gasteiger partial charge in [0.25, 0.3) is 0 Å². The van der Waals surface area contributed by atoms with Gasteiger partial charge in [-0.15, -0.1) is 0 Å². The Bertz CT molecular complexity index is 618. The van der Waals surface area contributed by atoms with Crippen LogP contribution in [0.3, 0.4) is 0 Å². The smallest absolute Gasteiger partial charge is 0.241 e. The van der Waals surface area contributed by atoms with Crippen LogP contribution < -0.4 is 10.5 Å². The van der Waals surface area contributed by atoms with Crippen LogP contribution in [0.15, 0.2) is 46.1 Å². The van der Waals surface area contributed by atoms with Crippen molar-refractivity contribution in [1.29, 1.82) is 0 Å². The Morgan fingerprint density at radius 2 is 2.11 bits per heavy atom. The highest BCUT2D eigenvalue weighted by molar-refractivity contribution is 7.89. The fourth-order valence-corrected chi connectivity index (χ4v) is 2.48. The van der Waals surface area contributed by atoms with Crippen LogP contribution >= 0.6 is 0 Å². The van der Waals surface area contributed by atoms with E-state index in [0.29, 0.717) is 5.56 Å². The van der Waals surface area contributed by atoms with Crippen molar-refractivity contribution in [3.63, 3.8) is 0 Å². The number of halogens is 1. The van der Waals surface area contributed by atoms with Gasteiger partial charge in [0.2, 0.25) is 10.0 Å². The maximum absolute atomic E-state index is 13.1. The van der Waals surface area contributed by atoms with Crippen molar-refractivity contribution in [2.45, 2.75) is 11.4 Å². The lowest BCUT2D eigenvalue weighted by molar-refractivity contribution is 0.560. The van der Waals surface area contributed by atoms with Gasteiger partial charge < -0.3 is 10.2 Å². The van der Waals surface area contributed by atoms with Gasteiger partial charge in [-0.25, -0.2) is 17.5 Å². The number of hydrogen-bond donors (Lipinski definition) is 2. The Balaban J connectivity index is 2.20. The summed E-state index contributed by atoms with van der Waals surface area (Å²) in [6.07, 6.45) is 2.85. The third-order valence-corrected chi connectivity index (χ3v) is 3.63. The van der Waals surface area contributed by atoms with Crippen LogP contribution in [0.25, 0.3) is 0 Å². The summed E-state index contributed by atoms with van der Waals surface area (Å²) in [6, 6.07) is 4.78. The first-order valence-electron chi connectivity index (χ1n) is 5.04. The maximum Gasteiger partial charge on any atom is 0.241 e. The molecule has 0 saturated carbocycles. The predicted molar refractivity (Wildman–Crippen MR) is 63.5 cm³/mol. The Hall–Kier alpha value is -1.86. The highest BCUT2D eigenvalue weighted by Crippen LogP contribution is 2.16.